The molecule has 0 spiro atoms. The molecule has 0 fully saturated rings. The van der Waals surface area contributed by atoms with Gasteiger partial charge in [-0.15, -0.1) is 0 Å². The van der Waals surface area contributed by atoms with Gasteiger partial charge in [-0.2, -0.15) is 9.36 Å². The topological polar surface area (TPSA) is 61.0 Å². The highest BCUT2D eigenvalue weighted by atomic mass is 79.9. The van der Waals surface area contributed by atoms with Crippen molar-refractivity contribution < 1.29 is 4.74 Å². The van der Waals surface area contributed by atoms with E-state index in [0.29, 0.717) is 16.6 Å². The first kappa shape index (κ1) is 11.3. The van der Waals surface area contributed by atoms with Crippen molar-refractivity contribution in [3.8, 4) is 10.9 Å². The second-order valence-corrected chi connectivity index (χ2v) is 4.66. The fourth-order valence-corrected chi connectivity index (χ4v) is 2.23. The highest BCUT2D eigenvalue weighted by Gasteiger charge is 2.10. The Labute approximate surface area is 106 Å². The van der Waals surface area contributed by atoms with Gasteiger partial charge in [0.2, 0.25) is 0 Å². The number of rotatable bonds is 3. The fraction of sp³-hybridized carbons (Fsp3) is 0.200. The zero-order valence-corrected chi connectivity index (χ0v) is 11.0. The molecule has 0 aliphatic rings. The smallest absolute Gasteiger partial charge is 0.298 e. The lowest BCUT2D eigenvalue weighted by atomic mass is 10.3. The average molecular weight is 300 g/mol. The Bertz CT molecular complexity index is 480. The maximum atomic E-state index is 5.81. The minimum Gasteiger partial charge on any atom is -0.426 e. The van der Waals surface area contributed by atoms with Crippen molar-refractivity contribution in [3.63, 3.8) is 0 Å². The number of hydrogen-bond donors (Lipinski definition) is 1. The van der Waals surface area contributed by atoms with E-state index < -0.39 is 0 Å². The van der Waals surface area contributed by atoms with Crippen LogP contribution in [-0.2, 0) is 6.42 Å². The van der Waals surface area contributed by atoms with Crippen LogP contribution >= 0.6 is 27.5 Å². The van der Waals surface area contributed by atoms with Gasteiger partial charge in [0.25, 0.3) is 5.19 Å². The molecule has 1 aromatic carbocycles. The molecule has 0 unspecified atom stereocenters. The molecule has 0 aliphatic carbocycles. The number of benzene rings is 1. The van der Waals surface area contributed by atoms with Crippen molar-refractivity contribution in [2.24, 2.45) is 0 Å². The zero-order valence-electron chi connectivity index (χ0n) is 8.61. The molecule has 4 nitrogen and oxygen atoms in total. The first-order chi connectivity index (χ1) is 7.70. The third-order valence-electron chi connectivity index (χ3n) is 1.95. The molecular formula is C10H10BrN3OS. The van der Waals surface area contributed by atoms with E-state index in [1.165, 1.54) is 11.5 Å². The summed E-state index contributed by atoms with van der Waals surface area (Å²) >= 11 is 4.61. The second kappa shape index (κ2) is 4.80. The van der Waals surface area contributed by atoms with Crippen LogP contribution in [0.1, 0.15) is 12.7 Å². The summed E-state index contributed by atoms with van der Waals surface area (Å²) in [7, 11) is 0. The lowest BCUT2D eigenvalue weighted by Gasteiger charge is -2.06. The van der Waals surface area contributed by atoms with Crippen molar-refractivity contribution in [2.45, 2.75) is 13.3 Å². The van der Waals surface area contributed by atoms with Crippen LogP contribution < -0.4 is 10.5 Å². The number of aryl methyl sites for hydroxylation is 1. The third kappa shape index (κ3) is 2.33. The summed E-state index contributed by atoms with van der Waals surface area (Å²) in [6.45, 7) is 2.00. The molecule has 2 N–H and O–H groups in total. The van der Waals surface area contributed by atoms with Crippen molar-refractivity contribution >= 4 is 33.1 Å². The molecule has 0 amide bonds. The fourth-order valence-electron chi connectivity index (χ4n) is 1.14. The van der Waals surface area contributed by atoms with Gasteiger partial charge in [-0.05, 0) is 28.1 Å². The molecule has 2 aromatic rings. The van der Waals surface area contributed by atoms with E-state index in [1.54, 1.807) is 6.07 Å². The first-order valence-electron chi connectivity index (χ1n) is 4.75. The van der Waals surface area contributed by atoms with Gasteiger partial charge >= 0.3 is 0 Å². The highest BCUT2D eigenvalue weighted by molar-refractivity contribution is 9.10. The van der Waals surface area contributed by atoms with Gasteiger partial charge < -0.3 is 10.5 Å². The van der Waals surface area contributed by atoms with Crippen LogP contribution in [0.5, 0.6) is 10.9 Å². The van der Waals surface area contributed by atoms with E-state index in [2.05, 4.69) is 25.3 Å². The van der Waals surface area contributed by atoms with E-state index in [0.717, 1.165) is 16.7 Å². The number of aromatic nitrogens is 2. The Morgan fingerprint density at radius 3 is 2.94 bits per heavy atom. The number of nitrogens with two attached hydrogens (primary N) is 1. The van der Waals surface area contributed by atoms with Crippen LogP contribution in [0.4, 0.5) is 5.69 Å². The van der Waals surface area contributed by atoms with Gasteiger partial charge in [-0.25, -0.2) is 0 Å². The number of anilines is 1. The van der Waals surface area contributed by atoms with Crippen LogP contribution in [0.3, 0.4) is 0 Å². The van der Waals surface area contributed by atoms with E-state index >= 15 is 0 Å². The second-order valence-electron chi connectivity index (χ2n) is 3.09. The molecule has 0 aliphatic heterocycles. The number of para-hydroxylation sites is 1. The van der Waals surface area contributed by atoms with Crippen LogP contribution in [0.25, 0.3) is 0 Å². The van der Waals surface area contributed by atoms with Crippen LogP contribution in [0.2, 0.25) is 0 Å². The molecule has 0 bridgehead atoms. The minimum atomic E-state index is 0.510. The average Bonchev–Trinajstić information content (AvgIpc) is 2.71. The van der Waals surface area contributed by atoms with Crippen LogP contribution in [-0.4, -0.2) is 9.36 Å². The molecular weight excluding hydrogens is 290 g/mol. The van der Waals surface area contributed by atoms with Crippen molar-refractivity contribution in [1.29, 1.82) is 0 Å². The normalized spacial score (nSPS) is 10.4. The molecule has 1 aromatic heterocycles. The summed E-state index contributed by atoms with van der Waals surface area (Å²) in [4.78, 5) is 4.22. The van der Waals surface area contributed by atoms with Gasteiger partial charge in [0.1, 0.15) is 5.82 Å². The van der Waals surface area contributed by atoms with Crippen LogP contribution in [0.15, 0.2) is 22.7 Å². The van der Waals surface area contributed by atoms with Crippen LogP contribution in [0, 0.1) is 0 Å². The Balaban J connectivity index is 2.26. The van der Waals surface area contributed by atoms with Gasteiger partial charge in [0, 0.05) is 18.0 Å². The van der Waals surface area contributed by atoms with Crippen molar-refractivity contribution in [1.82, 2.24) is 9.36 Å². The summed E-state index contributed by atoms with van der Waals surface area (Å²) in [5.74, 6) is 1.37. The Morgan fingerprint density at radius 1 is 1.50 bits per heavy atom. The summed E-state index contributed by atoms with van der Waals surface area (Å²) < 4.78 is 10.5. The van der Waals surface area contributed by atoms with Gasteiger partial charge in [-0.3, -0.25) is 0 Å². The molecule has 16 heavy (non-hydrogen) atoms. The third-order valence-corrected chi connectivity index (χ3v) is 3.21. The summed E-state index contributed by atoms with van der Waals surface area (Å²) in [6.07, 6.45) is 0.797. The number of nitrogen functional groups attached to an aromatic ring is 1. The molecule has 0 radical (unpaired) electrons. The Hall–Kier alpha value is -1.14. The lowest BCUT2D eigenvalue weighted by molar-refractivity contribution is 0.476. The molecule has 0 saturated carbocycles. The highest BCUT2D eigenvalue weighted by Crippen LogP contribution is 2.35. The SMILES string of the molecule is CCc1nsc(Oc2c(N)cccc2Br)n1. The van der Waals surface area contributed by atoms with Gasteiger partial charge in [-0.1, -0.05) is 13.0 Å². The predicted molar refractivity (Wildman–Crippen MR) is 67.9 cm³/mol. The predicted octanol–water partition coefficient (Wildman–Crippen LogP) is 3.24. The monoisotopic (exact) mass is 299 g/mol. The summed E-state index contributed by atoms with van der Waals surface area (Å²) in [6, 6.07) is 5.50. The molecule has 6 heteroatoms. The zero-order chi connectivity index (χ0) is 11.5. The Morgan fingerprint density at radius 2 is 2.31 bits per heavy atom. The van der Waals surface area contributed by atoms with Crippen molar-refractivity contribution in [3.05, 3.63) is 28.5 Å². The largest absolute Gasteiger partial charge is 0.426 e. The molecule has 84 valence electrons. The number of halogens is 1. The van der Waals surface area contributed by atoms with Gasteiger partial charge in [0.05, 0.1) is 10.2 Å². The number of hydrogen-bond acceptors (Lipinski definition) is 5. The van der Waals surface area contributed by atoms with Crippen molar-refractivity contribution in [2.75, 3.05) is 5.73 Å². The first-order valence-corrected chi connectivity index (χ1v) is 6.31. The lowest BCUT2D eigenvalue weighted by Crippen LogP contribution is -1.92. The van der Waals surface area contributed by atoms with E-state index in [1.807, 2.05) is 19.1 Å². The summed E-state index contributed by atoms with van der Waals surface area (Å²) in [5, 5.41) is 0.510. The minimum absolute atomic E-state index is 0.510. The Kier molecular flexibility index (Phi) is 3.40. The number of ether oxygens (including phenoxy) is 1. The van der Waals surface area contributed by atoms with Gasteiger partial charge in [0.15, 0.2) is 5.75 Å². The molecule has 0 atom stereocenters. The van der Waals surface area contributed by atoms with E-state index in [4.69, 9.17) is 10.5 Å². The van der Waals surface area contributed by atoms with E-state index in [9.17, 15) is 0 Å². The quantitative estimate of drug-likeness (QED) is 0.884. The van der Waals surface area contributed by atoms with E-state index in [-0.39, 0.29) is 0 Å². The summed E-state index contributed by atoms with van der Waals surface area (Å²) in [5.41, 5.74) is 6.38. The maximum Gasteiger partial charge on any atom is 0.298 e. The number of nitrogens with zero attached hydrogens (tertiary/aromatic N) is 2. The molecule has 0 saturated heterocycles. The maximum absolute atomic E-state index is 5.81. The molecule has 2 rings (SSSR count). The molecule has 1 heterocycles. The standard InChI is InChI=1S/C10H10BrN3OS/c1-2-8-13-10(16-14-8)15-9-6(11)4-3-5-7(9)12/h3-5H,2,12H2,1H3.